The summed E-state index contributed by atoms with van der Waals surface area (Å²) >= 11 is 0. The van der Waals surface area contributed by atoms with Crippen molar-refractivity contribution in [1.82, 2.24) is 4.98 Å². The molecule has 0 amide bonds. The number of pyridine rings is 1. The molecule has 0 radical (unpaired) electrons. The van der Waals surface area contributed by atoms with Crippen molar-refractivity contribution in [2.75, 3.05) is 0 Å². The Kier molecular flexibility index (Phi) is 3.29. The van der Waals surface area contributed by atoms with Crippen LogP contribution in [0.25, 0.3) is 43.8 Å². The molecule has 0 aliphatic heterocycles. The van der Waals surface area contributed by atoms with E-state index >= 15 is 0 Å². The van der Waals surface area contributed by atoms with Crippen LogP contribution in [-0.4, -0.2) is 4.98 Å². The van der Waals surface area contributed by atoms with E-state index < -0.39 is 0 Å². The van der Waals surface area contributed by atoms with E-state index in [1.54, 1.807) is 0 Å². The van der Waals surface area contributed by atoms with E-state index in [2.05, 4.69) is 91.6 Å². The molecule has 1 nitrogen and oxygen atoms in total. The lowest BCUT2D eigenvalue weighted by Gasteiger charge is -2.23. The number of hydrogen-bond acceptors (Lipinski definition) is 1. The van der Waals surface area contributed by atoms with Gasteiger partial charge in [0.15, 0.2) is 0 Å². The van der Waals surface area contributed by atoms with Crippen molar-refractivity contribution in [3.8, 4) is 22.3 Å². The number of nitrogens with zero attached hydrogens (tertiary/aromatic N) is 1. The lowest BCUT2D eigenvalue weighted by Crippen LogP contribution is -2.15. The molecule has 0 fully saturated rings. The molecule has 0 saturated carbocycles. The Morgan fingerprint density at radius 2 is 1.17 bits per heavy atom. The Hall–Kier alpha value is -3.45. The van der Waals surface area contributed by atoms with Crippen molar-refractivity contribution in [3.63, 3.8) is 0 Å². The molecule has 5 aromatic rings. The highest BCUT2D eigenvalue weighted by molar-refractivity contribution is 6.16. The van der Waals surface area contributed by atoms with Gasteiger partial charge in [-0.1, -0.05) is 62.4 Å². The van der Waals surface area contributed by atoms with Gasteiger partial charge in [-0.3, -0.25) is 4.98 Å². The molecule has 0 atom stereocenters. The molecule has 0 spiro atoms. The maximum atomic E-state index is 4.33. The normalized spacial score (nSPS) is 14.1. The molecule has 138 valence electrons. The van der Waals surface area contributed by atoms with Crippen LogP contribution in [0.5, 0.6) is 0 Å². The Labute approximate surface area is 170 Å². The van der Waals surface area contributed by atoms with Gasteiger partial charge < -0.3 is 0 Å². The molecular weight excluding hydrogens is 350 g/mol. The first-order valence-corrected chi connectivity index (χ1v) is 10.1. The zero-order valence-electron chi connectivity index (χ0n) is 16.6. The van der Waals surface area contributed by atoms with Gasteiger partial charge in [0.25, 0.3) is 0 Å². The molecular formula is C28H21N. The second kappa shape index (κ2) is 5.78. The van der Waals surface area contributed by atoms with Gasteiger partial charge in [-0.25, -0.2) is 0 Å². The van der Waals surface area contributed by atoms with Gasteiger partial charge in [-0.15, -0.1) is 0 Å². The van der Waals surface area contributed by atoms with E-state index in [9.17, 15) is 0 Å². The number of hydrogen-bond donors (Lipinski definition) is 0. The lowest BCUT2D eigenvalue weighted by molar-refractivity contribution is 0.663. The summed E-state index contributed by atoms with van der Waals surface area (Å²) in [5.74, 6) is 0. The summed E-state index contributed by atoms with van der Waals surface area (Å²) in [4.78, 5) is 4.33. The van der Waals surface area contributed by atoms with Gasteiger partial charge in [0.05, 0.1) is 0 Å². The van der Waals surface area contributed by atoms with E-state index in [0.29, 0.717) is 0 Å². The molecule has 0 unspecified atom stereocenters. The highest BCUT2D eigenvalue weighted by Crippen LogP contribution is 2.51. The zero-order valence-corrected chi connectivity index (χ0v) is 16.6. The fourth-order valence-corrected chi connectivity index (χ4v) is 4.96. The summed E-state index contributed by atoms with van der Waals surface area (Å²) in [6, 6.07) is 28.8. The first kappa shape index (κ1) is 16.5. The van der Waals surface area contributed by atoms with Crippen LogP contribution in [0.3, 0.4) is 0 Å². The third-order valence-corrected chi connectivity index (χ3v) is 6.48. The molecule has 0 N–H and O–H groups in total. The molecule has 29 heavy (non-hydrogen) atoms. The lowest BCUT2D eigenvalue weighted by atomic mass is 9.80. The highest BCUT2D eigenvalue weighted by Gasteiger charge is 2.34. The Balaban J connectivity index is 1.67. The van der Waals surface area contributed by atoms with E-state index in [-0.39, 0.29) is 5.41 Å². The molecule has 0 saturated heterocycles. The predicted octanol–water partition coefficient (Wildman–Crippen LogP) is 7.36. The predicted molar refractivity (Wildman–Crippen MR) is 122 cm³/mol. The van der Waals surface area contributed by atoms with Crippen LogP contribution in [0, 0.1) is 0 Å². The first-order chi connectivity index (χ1) is 14.1. The average Bonchev–Trinajstić information content (AvgIpc) is 3.01. The minimum atomic E-state index is -0.0385. The van der Waals surface area contributed by atoms with Crippen molar-refractivity contribution >= 4 is 21.5 Å². The van der Waals surface area contributed by atoms with E-state index in [1.807, 2.05) is 18.5 Å². The van der Waals surface area contributed by atoms with Crippen molar-refractivity contribution < 1.29 is 0 Å². The van der Waals surface area contributed by atoms with Crippen molar-refractivity contribution in [2.45, 2.75) is 19.3 Å². The molecule has 4 aromatic carbocycles. The Bertz CT molecular complexity index is 1290. The maximum absolute atomic E-state index is 4.33. The van der Waals surface area contributed by atoms with E-state index in [0.717, 1.165) is 0 Å². The Morgan fingerprint density at radius 1 is 0.586 bits per heavy atom. The van der Waals surface area contributed by atoms with Crippen molar-refractivity contribution in [1.29, 1.82) is 0 Å². The van der Waals surface area contributed by atoms with Crippen LogP contribution in [0.4, 0.5) is 0 Å². The molecule has 1 aliphatic carbocycles. The number of rotatable bonds is 2. The van der Waals surface area contributed by atoms with Gasteiger partial charge in [0.1, 0.15) is 0 Å². The summed E-state index contributed by atoms with van der Waals surface area (Å²) in [5.41, 5.74) is 7.78. The number of aromatic nitrogens is 1. The summed E-state index contributed by atoms with van der Waals surface area (Å²) in [5, 5.41) is 5.47. The van der Waals surface area contributed by atoms with Crippen molar-refractivity contribution in [2.24, 2.45) is 0 Å². The zero-order chi connectivity index (χ0) is 19.6. The van der Waals surface area contributed by atoms with Crippen LogP contribution in [-0.2, 0) is 5.41 Å². The number of benzene rings is 4. The van der Waals surface area contributed by atoms with Crippen LogP contribution in [0.2, 0.25) is 0 Å². The largest absolute Gasteiger partial charge is 0.264 e. The van der Waals surface area contributed by atoms with Crippen LogP contribution >= 0.6 is 0 Å². The fourth-order valence-electron chi connectivity index (χ4n) is 4.96. The average molecular weight is 371 g/mol. The standard InChI is InChI=1S/C28H21N/c1-28(2)24-15-22(18-7-4-3-5-8-18)13-19-10-11-20-14-23(21-9-6-12-29-17-21)16-25(28)27(20)26(19)24/h3-17H,1-2H3. The minimum absolute atomic E-state index is 0.0385. The molecule has 1 aromatic heterocycles. The van der Waals surface area contributed by atoms with Crippen LogP contribution < -0.4 is 0 Å². The third kappa shape index (κ3) is 2.31. The quantitative estimate of drug-likeness (QED) is 0.295. The summed E-state index contributed by atoms with van der Waals surface area (Å²) < 4.78 is 0. The maximum Gasteiger partial charge on any atom is 0.0346 e. The second-order valence-corrected chi connectivity index (χ2v) is 8.54. The summed E-state index contributed by atoms with van der Waals surface area (Å²) in [6.07, 6.45) is 3.78. The van der Waals surface area contributed by atoms with Crippen LogP contribution in [0.15, 0.2) is 91.3 Å². The second-order valence-electron chi connectivity index (χ2n) is 8.54. The van der Waals surface area contributed by atoms with E-state index in [1.165, 1.54) is 54.9 Å². The van der Waals surface area contributed by atoms with Gasteiger partial charge in [0.2, 0.25) is 0 Å². The minimum Gasteiger partial charge on any atom is -0.264 e. The summed E-state index contributed by atoms with van der Waals surface area (Å²) in [7, 11) is 0. The molecule has 1 heteroatoms. The molecule has 1 aliphatic rings. The first-order valence-electron chi connectivity index (χ1n) is 10.1. The third-order valence-electron chi connectivity index (χ3n) is 6.48. The topological polar surface area (TPSA) is 12.9 Å². The SMILES string of the molecule is CC1(C)c2cc(-c3ccccc3)cc3ccc4cc(-c5cccnc5)cc1c4c23. The van der Waals surface area contributed by atoms with Crippen molar-refractivity contribution in [3.05, 3.63) is 102 Å². The molecule has 1 heterocycles. The van der Waals surface area contributed by atoms with Gasteiger partial charge in [0, 0.05) is 23.4 Å². The Morgan fingerprint density at radius 3 is 1.76 bits per heavy atom. The monoisotopic (exact) mass is 371 g/mol. The fraction of sp³-hybridized carbons (Fsp3) is 0.107. The molecule has 6 rings (SSSR count). The van der Waals surface area contributed by atoms with Gasteiger partial charge in [-0.2, -0.15) is 0 Å². The summed E-state index contributed by atoms with van der Waals surface area (Å²) in [6.45, 7) is 4.72. The van der Waals surface area contributed by atoms with Gasteiger partial charge in [-0.05, 0) is 79.7 Å². The van der Waals surface area contributed by atoms with Crippen LogP contribution in [0.1, 0.15) is 25.0 Å². The highest BCUT2D eigenvalue weighted by atomic mass is 14.6. The van der Waals surface area contributed by atoms with Gasteiger partial charge >= 0.3 is 0 Å². The van der Waals surface area contributed by atoms with E-state index in [4.69, 9.17) is 0 Å². The molecule has 0 bridgehead atoms. The smallest absolute Gasteiger partial charge is 0.0346 e.